The maximum absolute atomic E-state index is 13.0. The second kappa shape index (κ2) is 10.9. The number of amides is 1. The Bertz CT molecular complexity index is 1130. The van der Waals surface area contributed by atoms with Crippen molar-refractivity contribution < 1.29 is 22.5 Å². The van der Waals surface area contributed by atoms with Gasteiger partial charge in [0.25, 0.3) is 5.69 Å². The van der Waals surface area contributed by atoms with Crippen LogP contribution in [0.5, 0.6) is 0 Å². The lowest BCUT2D eigenvalue weighted by molar-refractivity contribution is -0.384. The Morgan fingerprint density at radius 3 is 2.38 bits per heavy atom. The number of halogens is 1. The van der Waals surface area contributed by atoms with E-state index in [0.29, 0.717) is 31.7 Å². The minimum atomic E-state index is -3.88. The number of nitrogens with one attached hydrogen (secondary N) is 1. The van der Waals surface area contributed by atoms with Gasteiger partial charge in [0.1, 0.15) is 11.5 Å². The highest BCUT2D eigenvalue weighted by molar-refractivity contribution is 7.89. The van der Waals surface area contributed by atoms with E-state index in [1.165, 1.54) is 33.5 Å². The first kappa shape index (κ1) is 25.5. The Hall–Kier alpha value is -3.09. The largest absolute Gasteiger partial charge is 0.357 e. The number of likely N-dealkylation sites (N-methyl/N-ethyl adjacent to an activating group) is 2. The van der Waals surface area contributed by atoms with Gasteiger partial charge in [0.05, 0.1) is 16.4 Å². The summed E-state index contributed by atoms with van der Waals surface area (Å²) < 4.78 is 40.4. The zero-order valence-corrected chi connectivity index (χ0v) is 19.9. The zero-order chi connectivity index (χ0) is 24.9. The number of hydrogen-bond donors (Lipinski definition) is 1. The van der Waals surface area contributed by atoms with Crippen LogP contribution in [0.4, 0.5) is 15.8 Å². The van der Waals surface area contributed by atoms with Crippen LogP contribution < -0.4 is 10.2 Å². The maximum Gasteiger partial charge on any atom is 0.293 e. The van der Waals surface area contributed by atoms with E-state index in [-0.39, 0.29) is 47.6 Å². The molecule has 184 valence electrons. The molecule has 1 N–H and O–H groups in total. The van der Waals surface area contributed by atoms with Crippen molar-refractivity contribution >= 4 is 27.3 Å². The lowest BCUT2D eigenvalue weighted by atomic mass is 10.2. The van der Waals surface area contributed by atoms with Gasteiger partial charge in [-0.05, 0) is 43.8 Å². The van der Waals surface area contributed by atoms with Gasteiger partial charge in [-0.25, -0.2) is 12.8 Å². The molecule has 1 fully saturated rings. The molecule has 12 heteroatoms. The summed E-state index contributed by atoms with van der Waals surface area (Å²) in [6, 6.07) is 9.46. The molecule has 2 aromatic rings. The molecule has 0 aliphatic carbocycles. The van der Waals surface area contributed by atoms with Crippen molar-refractivity contribution in [3.8, 4) is 0 Å². The highest BCUT2D eigenvalue weighted by Crippen LogP contribution is 2.32. The molecule has 1 saturated heterocycles. The summed E-state index contributed by atoms with van der Waals surface area (Å²) in [5.74, 6) is -0.757. The third-order valence-electron chi connectivity index (χ3n) is 5.70. The summed E-state index contributed by atoms with van der Waals surface area (Å²) in [5, 5.41) is 14.5. The summed E-state index contributed by atoms with van der Waals surface area (Å²) in [7, 11) is -1.98. The lowest BCUT2D eigenvalue weighted by Crippen LogP contribution is -2.47. The SMILES string of the molecule is CCN(CC(=O)NCc1ccc(F)cc1)c1ccc(S(=O)(=O)N2CCN(C)CC2)cc1[N+](=O)[O-]. The summed E-state index contributed by atoms with van der Waals surface area (Å²) >= 11 is 0. The normalized spacial score (nSPS) is 15.1. The minimum absolute atomic E-state index is 0.149. The fourth-order valence-electron chi connectivity index (χ4n) is 3.65. The van der Waals surface area contributed by atoms with Crippen molar-refractivity contribution in [2.45, 2.75) is 18.4 Å². The van der Waals surface area contributed by atoms with Crippen LogP contribution in [0.1, 0.15) is 12.5 Å². The highest BCUT2D eigenvalue weighted by Gasteiger charge is 2.30. The second-order valence-electron chi connectivity index (χ2n) is 8.03. The van der Waals surface area contributed by atoms with Crippen LogP contribution in [0.2, 0.25) is 0 Å². The van der Waals surface area contributed by atoms with Crippen molar-refractivity contribution in [1.82, 2.24) is 14.5 Å². The number of nitrogens with zero attached hydrogens (tertiary/aromatic N) is 4. The molecule has 3 rings (SSSR count). The van der Waals surface area contributed by atoms with E-state index < -0.39 is 14.9 Å². The standard InChI is InChI=1S/C22H28FN5O5S/c1-3-26(16-22(29)24-15-17-4-6-18(23)7-5-17)20-9-8-19(14-21(20)28(30)31)34(32,33)27-12-10-25(2)11-13-27/h4-9,14H,3,10-13,15-16H2,1-2H3,(H,24,29). The van der Waals surface area contributed by atoms with Gasteiger partial charge >= 0.3 is 0 Å². The van der Waals surface area contributed by atoms with E-state index in [1.54, 1.807) is 19.1 Å². The minimum Gasteiger partial charge on any atom is -0.357 e. The first-order valence-corrected chi connectivity index (χ1v) is 12.3. The lowest BCUT2D eigenvalue weighted by Gasteiger charge is -2.31. The van der Waals surface area contributed by atoms with E-state index in [9.17, 15) is 27.7 Å². The molecule has 34 heavy (non-hydrogen) atoms. The molecule has 1 heterocycles. The monoisotopic (exact) mass is 493 g/mol. The van der Waals surface area contributed by atoms with Crippen molar-refractivity contribution in [2.24, 2.45) is 0 Å². The molecular formula is C22H28FN5O5S. The predicted molar refractivity (Wildman–Crippen MR) is 125 cm³/mol. The highest BCUT2D eigenvalue weighted by atomic mass is 32.2. The van der Waals surface area contributed by atoms with E-state index in [4.69, 9.17) is 0 Å². The average Bonchev–Trinajstić information content (AvgIpc) is 2.82. The van der Waals surface area contributed by atoms with Crippen LogP contribution in [0.3, 0.4) is 0 Å². The van der Waals surface area contributed by atoms with Gasteiger partial charge in [-0.1, -0.05) is 12.1 Å². The number of carbonyl (C=O) groups excluding carboxylic acids is 1. The predicted octanol–water partition coefficient (Wildman–Crippen LogP) is 1.81. The average molecular weight is 494 g/mol. The zero-order valence-electron chi connectivity index (χ0n) is 19.1. The van der Waals surface area contributed by atoms with E-state index >= 15 is 0 Å². The topological polar surface area (TPSA) is 116 Å². The number of anilines is 1. The van der Waals surface area contributed by atoms with Crippen LogP contribution in [0.15, 0.2) is 47.4 Å². The summed E-state index contributed by atoms with van der Waals surface area (Å²) in [5.41, 5.74) is 0.479. The molecule has 1 aliphatic heterocycles. The van der Waals surface area contributed by atoms with Gasteiger partial charge in [-0.15, -0.1) is 0 Å². The van der Waals surface area contributed by atoms with Crippen LogP contribution in [0.25, 0.3) is 0 Å². The number of rotatable bonds is 9. The molecule has 0 aromatic heterocycles. The Balaban J connectivity index is 1.76. The van der Waals surface area contributed by atoms with Crippen molar-refractivity contribution in [1.29, 1.82) is 0 Å². The quantitative estimate of drug-likeness (QED) is 0.418. The smallest absolute Gasteiger partial charge is 0.293 e. The van der Waals surface area contributed by atoms with Crippen LogP contribution >= 0.6 is 0 Å². The summed E-state index contributed by atoms with van der Waals surface area (Å²) in [6.45, 7) is 3.82. The van der Waals surface area contributed by atoms with Gasteiger partial charge in [-0.3, -0.25) is 14.9 Å². The number of nitro groups is 1. The van der Waals surface area contributed by atoms with Crippen LogP contribution in [0, 0.1) is 15.9 Å². The number of nitro benzene ring substituents is 1. The van der Waals surface area contributed by atoms with Gasteiger partial charge in [0.2, 0.25) is 15.9 Å². The van der Waals surface area contributed by atoms with E-state index in [0.717, 1.165) is 6.07 Å². The molecule has 0 atom stereocenters. The molecule has 0 spiro atoms. The molecule has 0 unspecified atom stereocenters. The maximum atomic E-state index is 13.0. The number of benzene rings is 2. The molecule has 0 radical (unpaired) electrons. The van der Waals surface area contributed by atoms with Gasteiger partial charge < -0.3 is 15.1 Å². The third kappa shape index (κ3) is 6.07. The number of carbonyl (C=O) groups is 1. The van der Waals surface area contributed by atoms with Crippen LogP contribution in [-0.2, 0) is 21.4 Å². The van der Waals surface area contributed by atoms with Crippen molar-refractivity contribution in [2.75, 3.05) is 51.2 Å². The number of hydrogen-bond acceptors (Lipinski definition) is 7. The Morgan fingerprint density at radius 1 is 1.15 bits per heavy atom. The van der Waals surface area contributed by atoms with Crippen LogP contribution in [-0.4, -0.2) is 74.8 Å². The first-order chi connectivity index (χ1) is 16.1. The fourth-order valence-corrected chi connectivity index (χ4v) is 5.10. The number of sulfonamides is 1. The van der Waals surface area contributed by atoms with Gasteiger partial charge in [0, 0.05) is 45.3 Å². The Kier molecular flexibility index (Phi) is 8.18. The van der Waals surface area contributed by atoms with Crippen molar-refractivity contribution in [3.63, 3.8) is 0 Å². The van der Waals surface area contributed by atoms with Gasteiger partial charge in [-0.2, -0.15) is 4.31 Å². The van der Waals surface area contributed by atoms with Gasteiger partial charge in [0.15, 0.2) is 0 Å². The van der Waals surface area contributed by atoms with E-state index in [1.807, 2.05) is 11.9 Å². The fraction of sp³-hybridized carbons (Fsp3) is 0.409. The Labute approximate surface area is 198 Å². The molecule has 2 aromatic carbocycles. The number of piperazine rings is 1. The van der Waals surface area contributed by atoms with E-state index in [2.05, 4.69) is 5.32 Å². The molecular weight excluding hydrogens is 465 g/mol. The first-order valence-electron chi connectivity index (χ1n) is 10.8. The summed E-state index contributed by atoms with van der Waals surface area (Å²) in [4.78, 5) is 27.0. The molecule has 1 amide bonds. The second-order valence-corrected chi connectivity index (χ2v) is 9.97. The third-order valence-corrected chi connectivity index (χ3v) is 7.60. The molecule has 0 bridgehead atoms. The molecule has 1 aliphatic rings. The van der Waals surface area contributed by atoms with Crippen molar-refractivity contribution in [3.05, 3.63) is 64.0 Å². The molecule has 0 saturated carbocycles. The Morgan fingerprint density at radius 2 is 1.79 bits per heavy atom. The summed E-state index contributed by atoms with van der Waals surface area (Å²) in [6.07, 6.45) is 0. The molecule has 10 nitrogen and oxygen atoms in total.